The molecule has 3 rings (SSSR count). The lowest BCUT2D eigenvalue weighted by Gasteiger charge is -2.39. The molecule has 1 saturated heterocycles. The van der Waals surface area contributed by atoms with Crippen molar-refractivity contribution in [2.24, 2.45) is 0 Å². The zero-order chi connectivity index (χ0) is 14.0. The van der Waals surface area contributed by atoms with Crippen LogP contribution >= 0.6 is 0 Å². The van der Waals surface area contributed by atoms with Crippen molar-refractivity contribution in [1.29, 1.82) is 0 Å². The third-order valence-electron chi connectivity index (χ3n) is 4.95. The van der Waals surface area contributed by atoms with Crippen LogP contribution in [0.15, 0.2) is 24.3 Å². The lowest BCUT2D eigenvalue weighted by atomic mass is 9.88. The summed E-state index contributed by atoms with van der Waals surface area (Å²) in [6, 6.07) is 9.33. The quantitative estimate of drug-likeness (QED) is 0.861. The fourth-order valence-electron chi connectivity index (χ4n) is 3.87. The van der Waals surface area contributed by atoms with Crippen molar-refractivity contribution in [3.63, 3.8) is 0 Å². The van der Waals surface area contributed by atoms with Crippen molar-refractivity contribution in [3.8, 4) is 0 Å². The third-order valence-corrected chi connectivity index (χ3v) is 4.95. The van der Waals surface area contributed by atoms with Gasteiger partial charge in [0.2, 0.25) is 0 Å². The van der Waals surface area contributed by atoms with Crippen molar-refractivity contribution in [2.75, 3.05) is 11.9 Å². The van der Waals surface area contributed by atoms with E-state index < -0.39 is 0 Å². The first-order valence-electron chi connectivity index (χ1n) is 8.18. The molecule has 2 aliphatic rings. The third kappa shape index (κ3) is 2.85. The highest BCUT2D eigenvalue weighted by molar-refractivity contribution is 5.53. The molecule has 1 saturated carbocycles. The van der Waals surface area contributed by atoms with Gasteiger partial charge in [0.25, 0.3) is 0 Å². The highest BCUT2D eigenvalue weighted by Gasteiger charge is 2.39. The molecule has 1 N–H and O–H groups in total. The van der Waals surface area contributed by atoms with Crippen LogP contribution in [-0.4, -0.2) is 18.2 Å². The highest BCUT2D eigenvalue weighted by Crippen LogP contribution is 2.41. The average Bonchev–Trinajstić information content (AvgIpc) is 2.87. The maximum Gasteiger partial charge on any atom is 0.0702 e. The van der Waals surface area contributed by atoms with Crippen LogP contribution in [0.4, 0.5) is 5.69 Å². The lowest BCUT2D eigenvalue weighted by molar-refractivity contribution is -0.0767. The van der Waals surface area contributed by atoms with Crippen LogP contribution < -0.4 is 5.32 Å². The van der Waals surface area contributed by atoms with E-state index >= 15 is 0 Å². The van der Waals surface area contributed by atoms with Crippen molar-refractivity contribution in [2.45, 2.75) is 69.9 Å². The fraction of sp³-hybridized carbons (Fsp3) is 0.667. The van der Waals surface area contributed by atoms with Gasteiger partial charge in [-0.05, 0) is 43.2 Å². The van der Waals surface area contributed by atoms with Gasteiger partial charge in [-0.25, -0.2) is 0 Å². The van der Waals surface area contributed by atoms with Crippen LogP contribution in [0.1, 0.15) is 63.9 Å². The second-order valence-electron chi connectivity index (χ2n) is 6.81. The molecule has 2 heteroatoms. The lowest BCUT2D eigenvalue weighted by Crippen LogP contribution is -2.42. The minimum atomic E-state index is 0.197. The first kappa shape index (κ1) is 13.9. The number of hydrogen-bond donors (Lipinski definition) is 1. The van der Waals surface area contributed by atoms with Gasteiger partial charge in [0.05, 0.1) is 5.60 Å². The molecule has 1 heterocycles. The summed E-state index contributed by atoms with van der Waals surface area (Å²) in [5.41, 5.74) is 2.95. The molecule has 1 unspecified atom stereocenters. The topological polar surface area (TPSA) is 21.3 Å². The summed E-state index contributed by atoms with van der Waals surface area (Å²) in [4.78, 5) is 0. The summed E-state index contributed by atoms with van der Waals surface area (Å²) in [7, 11) is 0. The standard InChI is InChI=1S/C18H27NO/c1-14(2)16-7-3-4-8-17(16)19-15-9-12-20-18(13-15)10-5-6-11-18/h3-4,7-8,14-15,19H,5-6,9-13H2,1-2H3. The smallest absolute Gasteiger partial charge is 0.0702 e. The van der Waals surface area contributed by atoms with Gasteiger partial charge in [-0.1, -0.05) is 44.9 Å². The average molecular weight is 273 g/mol. The molecular weight excluding hydrogens is 246 g/mol. The van der Waals surface area contributed by atoms with Gasteiger partial charge in [-0.3, -0.25) is 0 Å². The fourth-order valence-corrected chi connectivity index (χ4v) is 3.87. The van der Waals surface area contributed by atoms with Crippen LogP contribution in [0.25, 0.3) is 0 Å². The Morgan fingerprint density at radius 1 is 1.20 bits per heavy atom. The Labute approximate surface area is 122 Å². The van der Waals surface area contributed by atoms with Crippen molar-refractivity contribution in [1.82, 2.24) is 0 Å². The van der Waals surface area contributed by atoms with Gasteiger partial charge >= 0.3 is 0 Å². The molecule has 1 aliphatic heterocycles. The summed E-state index contributed by atoms with van der Waals surface area (Å²) in [5, 5.41) is 3.80. The second-order valence-corrected chi connectivity index (χ2v) is 6.81. The maximum absolute atomic E-state index is 6.13. The molecule has 110 valence electrons. The van der Waals surface area contributed by atoms with Gasteiger partial charge in [0.15, 0.2) is 0 Å². The molecule has 1 spiro atoms. The van der Waals surface area contributed by atoms with E-state index in [2.05, 4.69) is 43.4 Å². The van der Waals surface area contributed by atoms with Crippen molar-refractivity contribution >= 4 is 5.69 Å². The molecular formula is C18H27NO. The number of benzene rings is 1. The zero-order valence-electron chi connectivity index (χ0n) is 12.8. The largest absolute Gasteiger partial charge is 0.382 e. The molecule has 1 aromatic carbocycles. The van der Waals surface area contributed by atoms with Crippen LogP contribution in [0.2, 0.25) is 0 Å². The Balaban J connectivity index is 1.71. The monoisotopic (exact) mass is 273 g/mol. The minimum absolute atomic E-state index is 0.197. The Bertz CT molecular complexity index is 448. The molecule has 1 aromatic rings. The van der Waals surface area contributed by atoms with Gasteiger partial charge in [0.1, 0.15) is 0 Å². The molecule has 2 nitrogen and oxygen atoms in total. The zero-order valence-corrected chi connectivity index (χ0v) is 12.8. The molecule has 2 fully saturated rings. The highest BCUT2D eigenvalue weighted by atomic mass is 16.5. The van der Waals surface area contributed by atoms with Crippen molar-refractivity contribution in [3.05, 3.63) is 29.8 Å². The molecule has 0 radical (unpaired) electrons. The van der Waals surface area contributed by atoms with Crippen LogP contribution in [0.5, 0.6) is 0 Å². The van der Waals surface area contributed by atoms with Gasteiger partial charge in [0, 0.05) is 18.3 Å². The Hall–Kier alpha value is -1.02. The predicted molar refractivity (Wildman–Crippen MR) is 84.3 cm³/mol. The molecule has 0 bridgehead atoms. The van der Waals surface area contributed by atoms with Crippen LogP contribution in [0, 0.1) is 0 Å². The Morgan fingerprint density at radius 2 is 1.95 bits per heavy atom. The first-order valence-corrected chi connectivity index (χ1v) is 8.18. The van der Waals surface area contributed by atoms with Gasteiger partial charge in [-0.2, -0.15) is 0 Å². The Morgan fingerprint density at radius 3 is 2.70 bits per heavy atom. The summed E-state index contributed by atoms with van der Waals surface area (Å²) >= 11 is 0. The van der Waals surface area contributed by atoms with Crippen molar-refractivity contribution < 1.29 is 4.74 Å². The molecule has 20 heavy (non-hydrogen) atoms. The Kier molecular flexibility index (Phi) is 4.02. The summed E-state index contributed by atoms with van der Waals surface area (Å²) in [6.45, 7) is 5.45. The number of hydrogen-bond acceptors (Lipinski definition) is 2. The summed E-state index contributed by atoms with van der Waals surface area (Å²) in [6.07, 6.45) is 7.52. The molecule has 0 aromatic heterocycles. The maximum atomic E-state index is 6.13. The van der Waals surface area contributed by atoms with E-state index in [1.807, 2.05) is 0 Å². The molecule has 1 atom stereocenters. The number of rotatable bonds is 3. The van der Waals surface area contributed by atoms with E-state index in [9.17, 15) is 0 Å². The van der Waals surface area contributed by atoms with E-state index in [-0.39, 0.29) is 5.60 Å². The molecule has 1 aliphatic carbocycles. The van der Waals surface area contributed by atoms with E-state index in [0.29, 0.717) is 12.0 Å². The van der Waals surface area contributed by atoms with Gasteiger partial charge < -0.3 is 10.1 Å². The van der Waals surface area contributed by atoms with Crippen LogP contribution in [-0.2, 0) is 4.74 Å². The second kappa shape index (κ2) is 5.77. The number of nitrogens with one attached hydrogen (secondary N) is 1. The summed E-state index contributed by atoms with van der Waals surface area (Å²) in [5.74, 6) is 0.569. The number of anilines is 1. The predicted octanol–water partition coefficient (Wildman–Crippen LogP) is 4.71. The van der Waals surface area contributed by atoms with E-state index in [1.165, 1.54) is 43.4 Å². The van der Waals surface area contributed by atoms with Crippen LogP contribution in [0.3, 0.4) is 0 Å². The molecule has 0 amide bonds. The number of para-hydroxylation sites is 1. The van der Waals surface area contributed by atoms with E-state index in [0.717, 1.165) is 13.0 Å². The van der Waals surface area contributed by atoms with E-state index in [4.69, 9.17) is 4.74 Å². The SMILES string of the molecule is CC(C)c1ccccc1NC1CCOC2(CCCC2)C1. The normalized spacial score (nSPS) is 25.2. The number of ether oxygens (including phenoxy) is 1. The minimum Gasteiger partial charge on any atom is -0.382 e. The summed E-state index contributed by atoms with van der Waals surface area (Å²) < 4.78 is 6.13. The van der Waals surface area contributed by atoms with E-state index in [1.54, 1.807) is 0 Å². The van der Waals surface area contributed by atoms with Gasteiger partial charge in [-0.15, -0.1) is 0 Å². The first-order chi connectivity index (χ1) is 9.69.